The molecule has 2 bridgehead atoms. The van der Waals surface area contributed by atoms with Gasteiger partial charge in [-0.05, 0) is 198 Å². The summed E-state index contributed by atoms with van der Waals surface area (Å²) in [7, 11) is -4.99. The molecule has 0 spiro atoms. The minimum absolute atomic E-state index is 0.0824. The number of hydrogen-bond acceptors (Lipinski definition) is 15. The number of carbonyl (C=O) groups is 5. The van der Waals surface area contributed by atoms with Crippen LogP contribution in [-0.4, -0.2) is 89.6 Å². The minimum atomic E-state index is -4.79. The third-order valence-electron chi connectivity index (χ3n) is 17.3. The molecule has 1 N–H and O–H groups in total. The van der Waals surface area contributed by atoms with Gasteiger partial charge in [-0.2, -0.15) is 0 Å². The number of alkyl halides is 2. The molecule has 0 aromatic heterocycles. The van der Waals surface area contributed by atoms with Crippen LogP contribution in [0.5, 0.6) is 17.2 Å². The number of phenolic OH excluding ortho intramolecular Hbond substituents is 1. The Balaban J connectivity index is 0.000000212. The zero-order valence-corrected chi connectivity index (χ0v) is 56.4. The van der Waals surface area contributed by atoms with Crippen molar-refractivity contribution >= 4 is 50.9 Å². The second-order valence-corrected chi connectivity index (χ2v) is 29.6. The number of halogens is 2. The van der Waals surface area contributed by atoms with Gasteiger partial charge in [0.1, 0.15) is 44.8 Å². The zero-order valence-electron chi connectivity index (χ0n) is 54.8. The van der Waals surface area contributed by atoms with Crippen LogP contribution in [0.1, 0.15) is 154 Å². The zero-order chi connectivity index (χ0) is 67.2. The Hall–Kier alpha value is -6.67. The average molecular weight is 1290 g/mol. The van der Waals surface area contributed by atoms with E-state index in [2.05, 4.69) is 84.9 Å². The molecular weight excluding hydrogens is 1190 g/mol. The van der Waals surface area contributed by atoms with Crippen LogP contribution in [0.15, 0.2) is 148 Å². The minimum Gasteiger partial charge on any atom is -0.748 e. The van der Waals surface area contributed by atoms with Gasteiger partial charge in [-0.3, -0.25) is 24.0 Å². The fraction of sp³-hybridized carbons (Fsp3) is 0.507. The Morgan fingerprint density at radius 3 is 1.38 bits per heavy atom. The molecule has 1 aliphatic carbocycles. The van der Waals surface area contributed by atoms with Crippen LogP contribution in [0, 0.1) is 33.5 Å². The van der Waals surface area contributed by atoms with Crippen LogP contribution < -0.4 is 9.47 Å². The monoisotopic (exact) mass is 1290 g/mol. The van der Waals surface area contributed by atoms with E-state index in [0.717, 1.165) is 39.0 Å². The number of rotatable bonds is 19. The van der Waals surface area contributed by atoms with Crippen molar-refractivity contribution < 1.29 is 79.3 Å². The smallest absolute Gasteiger partial charge is 0.316 e. The lowest BCUT2D eigenvalue weighted by Crippen LogP contribution is -2.42. The Morgan fingerprint density at radius 2 is 0.967 bits per heavy atom. The lowest BCUT2D eigenvalue weighted by molar-refractivity contribution is -0.172. The molecule has 0 radical (unpaired) electrons. The first-order valence-electron chi connectivity index (χ1n) is 30.8. The molecule has 3 fully saturated rings. The van der Waals surface area contributed by atoms with Crippen LogP contribution in [0.3, 0.4) is 0 Å². The van der Waals surface area contributed by atoms with Gasteiger partial charge < -0.3 is 38.1 Å². The molecule has 5 aromatic carbocycles. The van der Waals surface area contributed by atoms with Gasteiger partial charge in [0.2, 0.25) is 0 Å². The highest BCUT2D eigenvalue weighted by Crippen LogP contribution is 2.48. The second kappa shape index (κ2) is 31.1. The topological polar surface area (TPSA) is 218 Å². The molecule has 3 saturated heterocycles. The number of esters is 5. The summed E-state index contributed by atoms with van der Waals surface area (Å²) in [5.41, 5.74) is 0.525. The van der Waals surface area contributed by atoms with Crippen molar-refractivity contribution in [3.8, 4) is 17.2 Å². The first kappa shape index (κ1) is 74.1. The highest BCUT2D eigenvalue weighted by molar-refractivity contribution is 7.97. The Kier molecular flexibility index (Phi) is 25.6. The van der Waals surface area contributed by atoms with Gasteiger partial charge in [0.25, 0.3) is 5.92 Å². The quantitative estimate of drug-likeness (QED) is 0.0267. The van der Waals surface area contributed by atoms with Crippen molar-refractivity contribution in [2.45, 2.75) is 206 Å². The summed E-state index contributed by atoms with van der Waals surface area (Å²) in [4.78, 5) is 63.6. The maximum absolute atomic E-state index is 12.3. The SMILES string of the molecule is CCC(C)(C)C(=O)OC(C)(C)C1Cc2ccccc2C1.CCC(C)(C)C(=O)OC1C2CC3C(=O)OC1C3O2.CCC(C)(C)C(=O)Oc1ccc(O)cc1.CCC(C)(C)C(=O)Oc1ccc([S+](c2ccccc2)c2ccccc2)cc1.CCC(F)(F)CS(=O)(=O)[O-]. The van der Waals surface area contributed by atoms with Crippen molar-refractivity contribution in [3.63, 3.8) is 0 Å². The van der Waals surface area contributed by atoms with E-state index < -0.39 is 67.7 Å². The third kappa shape index (κ3) is 20.4. The van der Waals surface area contributed by atoms with E-state index in [1.807, 2.05) is 121 Å². The molecule has 0 saturated carbocycles. The Morgan fingerprint density at radius 1 is 0.567 bits per heavy atom. The number of aromatic hydroxyl groups is 1. The van der Waals surface area contributed by atoms with Gasteiger partial charge in [-0.1, -0.05) is 95.3 Å². The summed E-state index contributed by atoms with van der Waals surface area (Å²) in [6.07, 6.45) is 3.78. The number of hydrogen-bond donors (Lipinski definition) is 1. The average Bonchev–Trinajstić information content (AvgIpc) is 1.58. The fourth-order valence-corrected chi connectivity index (χ4v) is 12.1. The summed E-state index contributed by atoms with van der Waals surface area (Å²) >= 11 is 0. The molecule has 3 heterocycles. The van der Waals surface area contributed by atoms with E-state index in [0.29, 0.717) is 30.3 Å². The molecule has 5 atom stereocenters. The number of phenols is 1. The fourth-order valence-electron chi connectivity index (χ4n) is 9.28. The Bertz CT molecular complexity index is 3230. The normalized spacial score (nSPS) is 18.6. The summed E-state index contributed by atoms with van der Waals surface area (Å²) in [5.74, 6) is -4.52. The van der Waals surface area contributed by atoms with Crippen LogP contribution in [0.25, 0.3) is 0 Å². The standard InChI is InChI=1S/C24H25O2S.C18H26O2.C13H18O5.C12H16O3.C4H8F2O3S/c1-4-24(2,3)23(25)26-19-15-17-22(18-16-19)27(20-11-7-5-8-12-20)21-13-9-6-10-14-21;1-6-17(2,3)16(19)20-18(4,5)15-11-13-9-7-8-10-14(13)12-15;1-4-13(2,3)12(15)18-9-7-5-6-8(16-7)10(9)17-11(6)14;1-4-12(2,3)11(14)15-10-7-5-9(13)6-8-10;1-2-4(5,6)3-10(7,8)9/h5-18H,4H2,1-3H3;7-10,15H,6,11-12H2,1-5H3;6-10H,4-5H2,1-3H3;5-8,13H,4H2,1-3H3;2-3H2,1H3,(H,7,8,9)/q+1;;;;/p-1. The van der Waals surface area contributed by atoms with Crippen molar-refractivity contribution in [2.24, 2.45) is 33.5 Å². The summed E-state index contributed by atoms with van der Waals surface area (Å²) < 4.78 is 86.5. The molecule has 4 aliphatic rings. The van der Waals surface area contributed by atoms with Crippen molar-refractivity contribution in [1.82, 2.24) is 0 Å². The van der Waals surface area contributed by atoms with Crippen LogP contribution >= 0.6 is 0 Å². The van der Waals surface area contributed by atoms with E-state index in [4.69, 9.17) is 33.5 Å². The van der Waals surface area contributed by atoms with Crippen molar-refractivity contribution in [1.29, 1.82) is 0 Å². The third-order valence-corrected chi connectivity index (χ3v) is 20.3. The molecule has 3 aliphatic heterocycles. The number of benzene rings is 5. The van der Waals surface area contributed by atoms with E-state index in [-0.39, 0.29) is 64.6 Å². The highest BCUT2D eigenvalue weighted by atomic mass is 32.2. The van der Waals surface area contributed by atoms with Crippen molar-refractivity contribution in [3.05, 3.63) is 145 Å². The lowest BCUT2D eigenvalue weighted by atomic mass is 9.86. The molecule has 90 heavy (non-hydrogen) atoms. The maximum atomic E-state index is 12.3. The molecule has 5 unspecified atom stereocenters. The van der Waals surface area contributed by atoms with Crippen LogP contribution in [0.2, 0.25) is 0 Å². The van der Waals surface area contributed by atoms with Gasteiger partial charge >= 0.3 is 29.8 Å². The number of fused-ring (bicyclic) bond motifs is 2. The molecular formula is C71H92F2O15S2. The largest absolute Gasteiger partial charge is 0.748 e. The number of ether oxygens (including phenoxy) is 6. The molecule has 9 rings (SSSR count). The van der Waals surface area contributed by atoms with E-state index in [1.165, 1.54) is 37.9 Å². The predicted octanol–water partition coefficient (Wildman–Crippen LogP) is 14.6. The molecule has 5 aromatic rings. The molecule has 0 amide bonds. The molecule has 19 heteroatoms. The van der Waals surface area contributed by atoms with Gasteiger partial charge in [-0.15, -0.1) is 0 Å². The second-order valence-electron chi connectivity index (χ2n) is 26.2. The lowest BCUT2D eigenvalue weighted by Gasteiger charge is -2.34. The Labute approximate surface area is 534 Å². The van der Waals surface area contributed by atoms with Gasteiger partial charge in [0.05, 0.1) is 44.6 Å². The highest BCUT2D eigenvalue weighted by Gasteiger charge is 2.65. The summed E-state index contributed by atoms with van der Waals surface area (Å²) in [6.45, 7) is 28.2. The first-order valence-corrected chi connectivity index (χ1v) is 33.6. The predicted molar refractivity (Wildman–Crippen MR) is 341 cm³/mol. The van der Waals surface area contributed by atoms with E-state index in [1.54, 1.807) is 12.1 Å². The summed E-state index contributed by atoms with van der Waals surface area (Å²) in [6, 6.07) is 43.6. The maximum Gasteiger partial charge on any atom is 0.316 e. The molecule has 492 valence electrons. The number of carbonyl (C=O) groups excluding carboxylic acids is 5. The van der Waals surface area contributed by atoms with Crippen molar-refractivity contribution in [2.75, 3.05) is 5.75 Å². The van der Waals surface area contributed by atoms with Crippen LogP contribution in [-0.2, 0) is 76.8 Å². The summed E-state index contributed by atoms with van der Waals surface area (Å²) in [5, 5.41) is 9.06. The van der Waals surface area contributed by atoms with Gasteiger partial charge in [0.15, 0.2) is 26.9 Å². The van der Waals surface area contributed by atoms with Gasteiger partial charge in [0, 0.05) is 12.3 Å². The van der Waals surface area contributed by atoms with Crippen LogP contribution in [0.4, 0.5) is 8.78 Å². The van der Waals surface area contributed by atoms with E-state index in [9.17, 15) is 45.7 Å². The first-order chi connectivity index (χ1) is 41.9. The molecule has 15 nitrogen and oxygen atoms in total. The van der Waals surface area contributed by atoms with Gasteiger partial charge in [-0.25, -0.2) is 17.2 Å². The van der Waals surface area contributed by atoms with E-state index >= 15 is 0 Å².